The normalized spacial score (nSPS) is 21.2. The third kappa shape index (κ3) is 5.49. The lowest BCUT2D eigenvalue weighted by Gasteiger charge is -2.14. The average Bonchev–Trinajstić information content (AvgIpc) is 3.46. The zero-order chi connectivity index (χ0) is 21.8. The lowest BCUT2D eigenvalue weighted by Crippen LogP contribution is -2.33. The van der Waals surface area contributed by atoms with Gasteiger partial charge in [-0.3, -0.25) is 19.3 Å². The van der Waals surface area contributed by atoms with E-state index >= 15 is 0 Å². The van der Waals surface area contributed by atoms with Crippen molar-refractivity contribution in [1.29, 1.82) is 0 Å². The maximum absolute atomic E-state index is 13.0. The van der Waals surface area contributed by atoms with E-state index in [0.29, 0.717) is 33.2 Å². The first-order valence-corrected chi connectivity index (χ1v) is 11.4. The Hall–Kier alpha value is -2.76. The smallest absolute Gasteiger partial charge is 0.284 e. The number of hydrogen-bond acceptors (Lipinski definition) is 8. The highest BCUT2D eigenvalue weighted by atomic mass is 35.5. The molecule has 12 heteroatoms. The van der Waals surface area contributed by atoms with Gasteiger partial charge in [-0.2, -0.15) is 0 Å². The Labute approximate surface area is 190 Å². The summed E-state index contributed by atoms with van der Waals surface area (Å²) in [5.41, 5.74) is 0.590. The highest BCUT2D eigenvalue weighted by molar-refractivity contribution is 8.15. The van der Waals surface area contributed by atoms with E-state index in [9.17, 15) is 14.4 Å². The van der Waals surface area contributed by atoms with Crippen molar-refractivity contribution >= 4 is 68.9 Å². The predicted molar refractivity (Wildman–Crippen MR) is 121 cm³/mol. The number of nitrogens with one attached hydrogen (secondary N) is 2. The van der Waals surface area contributed by atoms with E-state index in [1.165, 1.54) is 11.2 Å². The fourth-order valence-electron chi connectivity index (χ4n) is 2.81. The van der Waals surface area contributed by atoms with Gasteiger partial charge < -0.3 is 15.1 Å². The molecule has 4 rings (SSSR count). The molecule has 1 aromatic carbocycles. The molecule has 2 aromatic rings. The summed E-state index contributed by atoms with van der Waals surface area (Å²) in [5, 5.41) is 13.6. The molecule has 0 spiro atoms. The number of carbonyl (C=O) groups excluding carboxylic acids is 3. The quantitative estimate of drug-likeness (QED) is 0.615. The Morgan fingerprint density at radius 2 is 2.06 bits per heavy atom. The lowest BCUT2D eigenvalue weighted by molar-refractivity contribution is -0.128. The van der Waals surface area contributed by atoms with Crippen molar-refractivity contribution < 1.29 is 18.8 Å². The van der Waals surface area contributed by atoms with E-state index in [-0.39, 0.29) is 30.0 Å². The molecule has 3 heterocycles. The van der Waals surface area contributed by atoms with Gasteiger partial charge in [-0.25, -0.2) is 0 Å². The largest absolute Gasteiger partial charge is 0.467 e. The number of thioether (sulfide) groups is 2. The van der Waals surface area contributed by atoms with Crippen LogP contribution in [-0.4, -0.2) is 44.0 Å². The van der Waals surface area contributed by atoms with Crippen molar-refractivity contribution in [3.8, 4) is 0 Å². The topological polar surface area (TPSA) is 116 Å². The van der Waals surface area contributed by atoms with E-state index in [4.69, 9.17) is 16.0 Å². The first kappa shape index (κ1) is 21.5. The van der Waals surface area contributed by atoms with Crippen molar-refractivity contribution in [2.75, 3.05) is 11.1 Å². The summed E-state index contributed by atoms with van der Waals surface area (Å²) in [6, 6.07) is 10.2. The zero-order valence-electron chi connectivity index (χ0n) is 15.9. The number of rotatable bonds is 6. The van der Waals surface area contributed by atoms with Gasteiger partial charge in [-0.05, 0) is 36.4 Å². The predicted octanol–water partition coefficient (Wildman–Crippen LogP) is 3.53. The van der Waals surface area contributed by atoms with Crippen molar-refractivity contribution in [3.63, 3.8) is 0 Å². The molecule has 2 aliphatic rings. The standard InChI is InChI=1S/C19H16ClN5O4S2/c20-11-3-5-12(6-4-11)21-16(26)8-14-17(27)25(9-13-2-1-7-29-13)18(31-14)24-23-15-10-30-19(28)22-15/h1-7,14H,8-10H2,(H,21,26)(H,22,23,28)/b24-18-. The van der Waals surface area contributed by atoms with Crippen LogP contribution in [0.1, 0.15) is 12.2 Å². The number of furan rings is 1. The molecule has 0 bridgehead atoms. The van der Waals surface area contributed by atoms with Crippen LogP contribution in [0.5, 0.6) is 0 Å². The molecule has 2 aliphatic heterocycles. The summed E-state index contributed by atoms with van der Waals surface area (Å²) in [7, 11) is 0. The maximum Gasteiger partial charge on any atom is 0.284 e. The van der Waals surface area contributed by atoms with E-state index in [1.807, 2.05) is 0 Å². The highest BCUT2D eigenvalue weighted by Crippen LogP contribution is 2.31. The van der Waals surface area contributed by atoms with Crippen molar-refractivity contribution in [1.82, 2.24) is 10.2 Å². The second kappa shape index (κ2) is 9.58. The van der Waals surface area contributed by atoms with Crippen LogP contribution in [-0.2, 0) is 16.1 Å². The van der Waals surface area contributed by atoms with Gasteiger partial charge in [0.25, 0.3) is 5.24 Å². The number of carbonyl (C=O) groups is 3. The summed E-state index contributed by atoms with van der Waals surface area (Å²) in [6.45, 7) is 0.166. The van der Waals surface area contributed by atoms with Crippen LogP contribution in [0, 0.1) is 0 Å². The third-order valence-electron chi connectivity index (χ3n) is 4.26. The summed E-state index contributed by atoms with van der Waals surface area (Å²) in [5.74, 6) is 0.802. The number of anilines is 1. The minimum atomic E-state index is -0.659. The second-order valence-electron chi connectivity index (χ2n) is 6.50. The van der Waals surface area contributed by atoms with Gasteiger partial charge in [0, 0.05) is 17.1 Å². The Morgan fingerprint density at radius 3 is 2.74 bits per heavy atom. The summed E-state index contributed by atoms with van der Waals surface area (Å²) in [4.78, 5) is 38.2. The molecule has 31 heavy (non-hydrogen) atoms. The Balaban J connectivity index is 1.48. The van der Waals surface area contributed by atoms with E-state index in [1.54, 1.807) is 36.4 Å². The molecule has 0 aliphatic carbocycles. The Kier molecular flexibility index (Phi) is 6.64. The van der Waals surface area contributed by atoms with Gasteiger partial charge in [-0.15, -0.1) is 10.2 Å². The monoisotopic (exact) mass is 477 g/mol. The van der Waals surface area contributed by atoms with Crippen LogP contribution in [0.25, 0.3) is 0 Å². The molecular formula is C19H16ClN5O4S2. The fourth-order valence-corrected chi connectivity index (χ4v) is 4.61. The van der Waals surface area contributed by atoms with Crippen LogP contribution in [0.15, 0.2) is 57.3 Å². The molecule has 3 amide bonds. The molecule has 2 fully saturated rings. The summed E-state index contributed by atoms with van der Waals surface area (Å²) >= 11 is 8.10. The first-order chi connectivity index (χ1) is 15.0. The minimum Gasteiger partial charge on any atom is -0.467 e. The second-order valence-corrected chi connectivity index (χ2v) is 9.05. The number of amidine groups is 2. The number of halogens is 1. The number of amides is 3. The van der Waals surface area contributed by atoms with Crippen LogP contribution in [0.2, 0.25) is 5.02 Å². The van der Waals surface area contributed by atoms with Crippen molar-refractivity contribution in [2.45, 2.75) is 18.2 Å². The molecule has 1 atom stereocenters. The first-order valence-electron chi connectivity index (χ1n) is 9.12. The minimum absolute atomic E-state index is 0.0387. The van der Waals surface area contributed by atoms with Gasteiger partial charge in [0.2, 0.25) is 11.8 Å². The van der Waals surface area contributed by atoms with Gasteiger partial charge in [-0.1, -0.05) is 35.1 Å². The van der Waals surface area contributed by atoms with E-state index in [0.717, 1.165) is 23.5 Å². The molecule has 1 unspecified atom stereocenters. The molecule has 2 N–H and O–H groups in total. The van der Waals surface area contributed by atoms with Crippen LogP contribution in [0.3, 0.4) is 0 Å². The SMILES string of the molecule is O=C(CC1S/C(=N\N=C2\CSC(=O)N2)N(Cc2ccco2)C1=O)Nc1ccc(Cl)cc1. The molecular weight excluding hydrogens is 462 g/mol. The van der Waals surface area contributed by atoms with Crippen molar-refractivity contribution in [2.24, 2.45) is 10.2 Å². The molecule has 2 saturated heterocycles. The molecule has 0 radical (unpaired) electrons. The van der Waals surface area contributed by atoms with Crippen molar-refractivity contribution in [3.05, 3.63) is 53.4 Å². The molecule has 160 valence electrons. The Morgan fingerprint density at radius 1 is 1.26 bits per heavy atom. The average molecular weight is 478 g/mol. The van der Waals surface area contributed by atoms with Gasteiger partial charge in [0.15, 0.2) is 5.17 Å². The maximum atomic E-state index is 13.0. The molecule has 0 saturated carbocycles. The molecule has 9 nitrogen and oxygen atoms in total. The molecule has 1 aromatic heterocycles. The van der Waals surface area contributed by atoms with Gasteiger partial charge in [0.05, 0.1) is 18.6 Å². The Bertz CT molecular complexity index is 1060. The lowest BCUT2D eigenvalue weighted by atomic mass is 10.2. The van der Waals surface area contributed by atoms with E-state index in [2.05, 4.69) is 20.8 Å². The third-order valence-corrected chi connectivity index (χ3v) is 6.46. The highest BCUT2D eigenvalue weighted by Gasteiger charge is 2.40. The summed E-state index contributed by atoms with van der Waals surface area (Å²) < 4.78 is 5.34. The van der Waals surface area contributed by atoms with Crippen LogP contribution in [0.4, 0.5) is 10.5 Å². The van der Waals surface area contributed by atoms with Crippen LogP contribution >= 0.6 is 35.1 Å². The van der Waals surface area contributed by atoms with E-state index < -0.39 is 5.25 Å². The van der Waals surface area contributed by atoms with Crippen LogP contribution < -0.4 is 10.6 Å². The van der Waals surface area contributed by atoms with Gasteiger partial charge >= 0.3 is 0 Å². The number of benzene rings is 1. The zero-order valence-corrected chi connectivity index (χ0v) is 18.3. The van der Waals surface area contributed by atoms with Gasteiger partial charge in [0.1, 0.15) is 16.8 Å². The number of hydrogen-bond donors (Lipinski definition) is 2. The number of nitrogens with zero attached hydrogens (tertiary/aromatic N) is 3. The summed E-state index contributed by atoms with van der Waals surface area (Å²) in [6.07, 6.45) is 1.48. The fraction of sp³-hybridized carbons (Fsp3) is 0.211.